The summed E-state index contributed by atoms with van der Waals surface area (Å²) >= 11 is 0. The average Bonchev–Trinajstić information content (AvgIpc) is 3.05. The maximum Gasteiger partial charge on any atom is 0.244 e. The number of amides is 1. The van der Waals surface area contributed by atoms with Gasteiger partial charge in [-0.3, -0.25) is 4.79 Å². The number of imidazole rings is 1. The highest BCUT2D eigenvalue weighted by atomic mass is 16.3. The number of nitrogens with zero attached hydrogens (tertiary/aromatic N) is 2. The molecule has 0 radical (unpaired) electrons. The van der Waals surface area contributed by atoms with Gasteiger partial charge in [-0.15, -0.1) is 0 Å². The van der Waals surface area contributed by atoms with Gasteiger partial charge in [-0.2, -0.15) is 0 Å². The van der Waals surface area contributed by atoms with Crippen LogP contribution in [0, 0.1) is 12.8 Å². The highest BCUT2D eigenvalue weighted by Gasteiger charge is 2.36. The number of furan rings is 1. The zero-order valence-corrected chi connectivity index (χ0v) is 15.1. The topological polar surface area (TPSA) is 60.1 Å². The van der Waals surface area contributed by atoms with E-state index in [9.17, 15) is 4.79 Å². The Labute approximate surface area is 152 Å². The van der Waals surface area contributed by atoms with E-state index in [0.29, 0.717) is 24.9 Å². The summed E-state index contributed by atoms with van der Waals surface area (Å²) in [5, 5.41) is 2.92. The van der Waals surface area contributed by atoms with Crippen LogP contribution in [0.25, 0.3) is 17.1 Å². The van der Waals surface area contributed by atoms with Crippen LogP contribution >= 0.6 is 0 Å². The lowest BCUT2D eigenvalue weighted by Crippen LogP contribution is -2.25. The standard InChI is InChI=1S/C21H23N3O2/c1-14-13-17(14)20-9-7-16(26-20)8-10-21(25)22-11-12-24-15(2)23-18-5-3-4-6-19(18)24/h3-10,14,17H,11-13H2,1-2H3,(H,22,25)/b10-8+. The highest BCUT2D eigenvalue weighted by Crippen LogP contribution is 2.47. The SMILES string of the molecule is Cc1nc2ccccc2n1CCNC(=O)/C=C/c1ccc(C2CC2C)o1. The molecular weight excluding hydrogens is 326 g/mol. The molecule has 1 saturated carbocycles. The van der Waals surface area contributed by atoms with Gasteiger partial charge in [0.25, 0.3) is 0 Å². The zero-order valence-electron chi connectivity index (χ0n) is 15.1. The molecule has 0 bridgehead atoms. The van der Waals surface area contributed by atoms with Crippen molar-refractivity contribution in [2.75, 3.05) is 6.54 Å². The molecule has 2 atom stereocenters. The number of benzene rings is 1. The molecule has 5 heteroatoms. The van der Waals surface area contributed by atoms with Crippen molar-refractivity contribution in [2.24, 2.45) is 5.92 Å². The van der Waals surface area contributed by atoms with Crippen molar-refractivity contribution < 1.29 is 9.21 Å². The van der Waals surface area contributed by atoms with Gasteiger partial charge in [-0.05, 0) is 49.6 Å². The number of hydrogen-bond donors (Lipinski definition) is 1. The van der Waals surface area contributed by atoms with Crippen LogP contribution in [0.3, 0.4) is 0 Å². The van der Waals surface area contributed by atoms with E-state index in [1.165, 1.54) is 12.5 Å². The summed E-state index contributed by atoms with van der Waals surface area (Å²) in [7, 11) is 0. The Morgan fingerprint density at radius 3 is 2.96 bits per heavy atom. The van der Waals surface area contributed by atoms with Gasteiger partial charge in [-0.1, -0.05) is 19.1 Å². The van der Waals surface area contributed by atoms with Gasteiger partial charge in [0.2, 0.25) is 5.91 Å². The van der Waals surface area contributed by atoms with Crippen LogP contribution in [0.4, 0.5) is 0 Å². The van der Waals surface area contributed by atoms with E-state index >= 15 is 0 Å². The molecule has 1 amide bonds. The molecule has 1 aromatic carbocycles. The summed E-state index contributed by atoms with van der Waals surface area (Å²) in [5.74, 6) is 3.85. The first kappa shape index (κ1) is 16.6. The van der Waals surface area contributed by atoms with Crippen LogP contribution in [0.1, 0.15) is 36.6 Å². The van der Waals surface area contributed by atoms with Crippen molar-refractivity contribution in [3.05, 3.63) is 59.8 Å². The Morgan fingerprint density at radius 2 is 2.15 bits per heavy atom. The van der Waals surface area contributed by atoms with Gasteiger partial charge < -0.3 is 14.3 Å². The molecule has 0 aliphatic heterocycles. The molecule has 5 nitrogen and oxygen atoms in total. The minimum Gasteiger partial charge on any atom is -0.461 e. The number of rotatable bonds is 6. The highest BCUT2D eigenvalue weighted by molar-refractivity contribution is 5.91. The maximum atomic E-state index is 12.0. The molecular formula is C21H23N3O2. The van der Waals surface area contributed by atoms with Crippen LogP contribution < -0.4 is 5.32 Å². The monoisotopic (exact) mass is 349 g/mol. The zero-order chi connectivity index (χ0) is 18.1. The van der Waals surface area contributed by atoms with Gasteiger partial charge in [0.15, 0.2) is 0 Å². The number of para-hydroxylation sites is 2. The van der Waals surface area contributed by atoms with E-state index in [0.717, 1.165) is 28.4 Å². The molecule has 2 unspecified atom stereocenters. The van der Waals surface area contributed by atoms with E-state index in [4.69, 9.17) is 4.42 Å². The van der Waals surface area contributed by atoms with Gasteiger partial charge in [0.1, 0.15) is 17.3 Å². The molecule has 2 aromatic heterocycles. The molecule has 26 heavy (non-hydrogen) atoms. The van der Waals surface area contributed by atoms with Crippen LogP contribution in [-0.2, 0) is 11.3 Å². The molecule has 1 aliphatic carbocycles. The molecule has 134 valence electrons. The lowest BCUT2D eigenvalue weighted by Gasteiger charge is -2.07. The fourth-order valence-electron chi connectivity index (χ4n) is 3.36. The molecule has 2 heterocycles. The molecule has 1 N–H and O–H groups in total. The normalized spacial score (nSPS) is 19.3. The molecule has 4 rings (SSSR count). The third-order valence-corrected chi connectivity index (χ3v) is 5.00. The number of carbonyl (C=O) groups is 1. The van der Waals surface area contributed by atoms with Crippen LogP contribution in [0.2, 0.25) is 0 Å². The second-order valence-electron chi connectivity index (χ2n) is 6.98. The Morgan fingerprint density at radius 1 is 1.35 bits per heavy atom. The van der Waals surface area contributed by atoms with Gasteiger partial charge >= 0.3 is 0 Å². The summed E-state index contributed by atoms with van der Waals surface area (Å²) in [4.78, 5) is 16.6. The second-order valence-corrected chi connectivity index (χ2v) is 6.98. The summed E-state index contributed by atoms with van der Waals surface area (Å²) in [6.07, 6.45) is 4.45. The Bertz CT molecular complexity index is 967. The van der Waals surface area contributed by atoms with Crippen molar-refractivity contribution in [1.82, 2.24) is 14.9 Å². The van der Waals surface area contributed by atoms with Gasteiger partial charge in [0, 0.05) is 25.1 Å². The fourth-order valence-corrected chi connectivity index (χ4v) is 3.36. The molecule has 3 aromatic rings. The second kappa shape index (κ2) is 6.83. The first-order chi connectivity index (χ1) is 12.6. The predicted molar refractivity (Wildman–Crippen MR) is 102 cm³/mol. The minimum absolute atomic E-state index is 0.121. The quantitative estimate of drug-likeness (QED) is 0.687. The Kier molecular flexibility index (Phi) is 4.37. The number of aromatic nitrogens is 2. The fraction of sp³-hybridized carbons (Fsp3) is 0.333. The predicted octanol–water partition coefficient (Wildman–Crippen LogP) is 3.89. The Balaban J connectivity index is 1.31. The van der Waals surface area contributed by atoms with Crippen LogP contribution in [-0.4, -0.2) is 22.0 Å². The van der Waals surface area contributed by atoms with Crippen molar-refractivity contribution in [1.29, 1.82) is 0 Å². The van der Waals surface area contributed by atoms with Crippen molar-refractivity contribution in [3.8, 4) is 0 Å². The first-order valence-corrected chi connectivity index (χ1v) is 9.09. The van der Waals surface area contributed by atoms with Gasteiger partial charge in [0.05, 0.1) is 11.0 Å². The smallest absolute Gasteiger partial charge is 0.244 e. The maximum absolute atomic E-state index is 12.0. The summed E-state index contributed by atoms with van der Waals surface area (Å²) in [6.45, 7) is 5.45. The molecule has 1 fully saturated rings. The average molecular weight is 349 g/mol. The van der Waals surface area contributed by atoms with Crippen molar-refractivity contribution in [3.63, 3.8) is 0 Å². The molecule has 0 saturated heterocycles. The third kappa shape index (κ3) is 3.43. The lowest BCUT2D eigenvalue weighted by molar-refractivity contribution is -0.116. The minimum atomic E-state index is -0.121. The first-order valence-electron chi connectivity index (χ1n) is 9.09. The van der Waals surface area contributed by atoms with E-state index in [2.05, 4.69) is 21.8 Å². The summed E-state index contributed by atoms with van der Waals surface area (Å²) < 4.78 is 7.90. The van der Waals surface area contributed by atoms with Crippen LogP contribution in [0.5, 0.6) is 0 Å². The van der Waals surface area contributed by atoms with Crippen LogP contribution in [0.15, 0.2) is 46.9 Å². The third-order valence-electron chi connectivity index (χ3n) is 5.00. The number of nitrogens with one attached hydrogen (secondary N) is 1. The molecule has 0 spiro atoms. The van der Waals surface area contributed by atoms with E-state index in [1.807, 2.05) is 43.3 Å². The van der Waals surface area contributed by atoms with Gasteiger partial charge in [-0.25, -0.2) is 4.98 Å². The lowest BCUT2D eigenvalue weighted by atomic mass is 10.3. The number of hydrogen-bond acceptors (Lipinski definition) is 3. The number of carbonyl (C=O) groups excluding carboxylic acids is 1. The number of aryl methyl sites for hydroxylation is 1. The van der Waals surface area contributed by atoms with E-state index in [1.54, 1.807) is 6.08 Å². The largest absolute Gasteiger partial charge is 0.461 e. The Hall–Kier alpha value is -2.82. The number of fused-ring (bicyclic) bond motifs is 1. The van der Waals surface area contributed by atoms with E-state index in [-0.39, 0.29) is 5.91 Å². The van der Waals surface area contributed by atoms with Crippen molar-refractivity contribution >= 4 is 23.0 Å². The summed E-state index contributed by atoms with van der Waals surface area (Å²) in [6, 6.07) is 12.0. The van der Waals surface area contributed by atoms with E-state index < -0.39 is 0 Å². The molecule has 1 aliphatic rings. The van der Waals surface area contributed by atoms with Crippen molar-refractivity contribution in [2.45, 2.75) is 32.7 Å². The summed E-state index contributed by atoms with van der Waals surface area (Å²) in [5.41, 5.74) is 2.07.